The number of rotatable bonds is 7. The van der Waals surface area contributed by atoms with Gasteiger partial charge in [-0.1, -0.05) is 6.07 Å². The highest BCUT2D eigenvalue weighted by atomic mass is 16.5. The minimum absolute atomic E-state index is 0.0506. The molecule has 0 saturated carbocycles. The lowest BCUT2D eigenvalue weighted by Crippen LogP contribution is -2.27. The highest BCUT2D eigenvalue weighted by molar-refractivity contribution is 5.85. The average Bonchev–Trinajstić information content (AvgIpc) is 2.96. The molecule has 0 aliphatic heterocycles. The summed E-state index contributed by atoms with van der Waals surface area (Å²) in [6.45, 7) is 0.529. The van der Waals surface area contributed by atoms with E-state index in [2.05, 4.69) is 5.32 Å². The van der Waals surface area contributed by atoms with E-state index in [1.807, 2.05) is 36.0 Å². The van der Waals surface area contributed by atoms with Gasteiger partial charge in [-0.25, -0.2) is 0 Å². The van der Waals surface area contributed by atoms with Gasteiger partial charge in [0.05, 0.1) is 20.6 Å². The lowest BCUT2D eigenvalue weighted by molar-refractivity contribution is -0.120. The maximum absolute atomic E-state index is 12.3. The number of aromatic hydroxyl groups is 1. The fourth-order valence-electron chi connectivity index (χ4n) is 3.24. The third kappa shape index (κ3) is 4.16. The summed E-state index contributed by atoms with van der Waals surface area (Å²) in [4.78, 5) is 12.3. The molecule has 0 spiro atoms. The Kier molecular flexibility index (Phi) is 5.54. The molecule has 0 saturated heterocycles. The number of fused-ring (bicyclic) bond motifs is 1. The quantitative estimate of drug-likeness (QED) is 0.673. The number of nitrogens with one attached hydrogen (secondary N) is 1. The zero-order valence-electron chi connectivity index (χ0n) is 15.8. The first-order chi connectivity index (χ1) is 13.0. The van der Waals surface area contributed by atoms with Crippen LogP contribution in [0.3, 0.4) is 0 Å². The van der Waals surface area contributed by atoms with Crippen molar-refractivity contribution in [1.82, 2.24) is 9.88 Å². The second kappa shape index (κ2) is 8.03. The number of carbonyl (C=O) groups excluding carboxylic acids is 1. The fraction of sp³-hybridized carbons (Fsp3) is 0.286. The summed E-state index contributed by atoms with van der Waals surface area (Å²) in [5.74, 6) is 1.44. The number of methoxy groups -OCH3 is 2. The largest absolute Gasteiger partial charge is 0.508 e. The van der Waals surface area contributed by atoms with Crippen molar-refractivity contribution in [2.45, 2.75) is 12.8 Å². The molecular formula is C21H24N2O4. The van der Waals surface area contributed by atoms with Gasteiger partial charge < -0.3 is 24.5 Å². The third-order valence-corrected chi connectivity index (χ3v) is 4.58. The van der Waals surface area contributed by atoms with Crippen LogP contribution in [0.4, 0.5) is 0 Å². The van der Waals surface area contributed by atoms with Crippen LogP contribution in [0.5, 0.6) is 17.2 Å². The molecule has 0 atom stereocenters. The molecular weight excluding hydrogens is 344 g/mol. The van der Waals surface area contributed by atoms with Crippen LogP contribution in [0.15, 0.2) is 42.6 Å². The molecule has 3 rings (SSSR count). The number of carbonyl (C=O) groups is 1. The Balaban J connectivity index is 1.60. The number of ether oxygens (including phenoxy) is 2. The molecule has 0 fully saturated rings. The predicted molar refractivity (Wildman–Crippen MR) is 105 cm³/mol. The van der Waals surface area contributed by atoms with E-state index in [0.717, 1.165) is 22.0 Å². The Bertz CT molecular complexity index is 962. The maximum Gasteiger partial charge on any atom is 0.224 e. The van der Waals surface area contributed by atoms with E-state index >= 15 is 0 Å². The number of aromatic nitrogens is 1. The lowest BCUT2D eigenvalue weighted by atomic mass is 10.1. The zero-order chi connectivity index (χ0) is 19.4. The van der Waals surface area contributed by atoms with Crippen LogP contribution in [0.2, 0.25) is 0 Å². The molecule has 0 radical (unpaired) electrons. The molecule has 2 N–H and O–H groups in total. The smallest absolute Gasteiger partial charge is 0.224 e. The van der Waals surface area contributed by atoms with Gasteiger partial charge in [-0.2, -0.15) is 0 Å². The number of phenols is 1. The van der Waals surface area contributed by atoms with Crippen LogP contribution in [0.25, 0.3) is 10.9 Å². The zero-order valence-corrected chi connectivity index (χ0v) is 15.8. The van der Waals surface area contributed by atoms with Crippen LogP contribution in [0, 0.1) is 0 Å². The van der Waals surface area contributed by atoms with Gasteiger partial charge in [0.15, 0.2) is 11.5 Å². The third-order valence-electron chi connectivity index (χ3n) is 4.58. The monoisotopic (exact) mass is 368 g/mol. The Labute approximate surface area is 158 Å². The number of hydrogen-bond donors (Lipinski definition) is 2. The molecule has 0 aliphatic rings. The van der Waals surface area contributed by atoms with Crippen LogP contribution >= 0.6 is 0 Å². The van der Waals surface area contributed by atoms with Gasteiger partial charge >= 0.3 is 0 Å². The molecule has 6 heteroatoms. The van der Waals surface area contributed by atoms with Gasteiger partial charge in [-0.3, -0.25) is 4.79 Å². The average molecular weight is 368 g/mol. The highest BCUT2D eigenvalue weighted by Crippen LogP contribution is 2.28. The lowest BCUT2D eigenvalue weighted by Gasteiger charge is -2.10. The molecule has 142 valence electrons. The van der Waals surface area contributed by atoms with Gasteiger partial charge in [0.25, 0.3) is 0 Å². The van der Waals surface area contributed by atoms with Crippen molar-refractivity contribution in [3.63, 3.8) is 0 Å². The van der Waals surface area contributed by atoms with Crippen molar-refractivity contribution in [1.29, 1.82) is 0 Å². The second-order valence-corrected chi connectivity index (χ2v) is 6.43. The van der Waals surface area contributed by atoms with Gasteiger partial charge in [-0.05, 0) is 47.9 Å². The first kappa shape index (κ1) is 18.6. The summed E-state index contributed by atoms with van der Waals surface area (Å²) >= 11 is 0. The van der Waals surface area contributed by atoms with Crippen LogP contribution in [0.1, 0.15) is 11.1 Å². The van der Waals surface area contributed by atoms with Gasteiger partial charge in [0, 0.05) is 30.7 Å². The Morgan fingerprint density at radius 2 is 1.89 bits per heavy atom. The number of amides is 1. The van der Waals surface area contributed by atoms with Gasteiger partial charge in [0.1, 0.15) is 5.75 Å². The van der Waals surface area contributed by atoms with Crippen molar-refractivity contribution in [3.05, 3.63) is 53.7 Å². The topological polar surface area (TPSA) is 72.7 Å². The fourth-order valence-corrected chi connectivity index (χ4v) is 3.24. The Hall–Kier alpha value is -3.15. The standard InChI is InChI=1S/C21H24N2O4/c1-23-13-15(17-12-16(24)5-6-18(17)23)8-9-22-21(25)11-14-4-7-19(26-2)20(10-14)27-3/h4-7,10,12-13,24H,8-9,11H2,1-3H3,(H,22,25). The first-order valence-electron chi connectivity index (χ1n) is 8.76. The number of hydrogen-bond acceptors (Lipinski definition) is 4. The molecule has 0 unspecified atom stereocenters. The minimum Gasteiger partial charge on any atom is -0.508 e. The summed E-state index contributed by atoms with van der Waals surface area (Å²) < 4.78 is 12.5. The Morgan fingerprint density at radius 1 is 1.11 bits per heavy atom. The van der Waals surface area contributed by atoms with E-state index in [4.69, 9.17) is 9.47 Å². The minimum atomic E-state index is -0.0506. The molecule has 0 aliphatic carbocycles. The number of nitrogens with zero attached hydrogens (tertiary/aromatic N) is 1. The second-order valence-electron chi connectivity index (χ2n) is 6.43. The summed E-state index contributed by atoms with van der Waals surface area (Å²) in [5.41, 5.74) is 3.01. The first-order valence-corrected chi connectivity index (χ1v) is 8.76. The van der Waals surface area contributed by atoms with Gasteiger partial charge in [-0.15, -0.1) is 0 Å². The summed E-state index contributed by atoms with van der Waals surface area (Å²) in [7, 11) is 5.12. The van der Waals surface area contributed by atoms with E-state index in [1.165, 1.54) is 0 Å². The van der Waals surface area contributed by atoms with Gasteiger partial charge in [0.2, 0.25) is 5.91 Å². The molecule has 3 aromatic rings. The molecule has 6 nitrogen and oxygen atoms in total. The van der Waals surface area contributed by atoms with Crippen LogP contribution < -0.4 is 14.8 Å². The normalized spacial score (nSPS) is 10.8. The molecule has 0 bridgehead atoms. The molecule has 1 aromatic heterocycles. The molecule has 1 amide bonds. The highest BCUT2D eigenvalue weighted by Gasteiger charge is 2.10. The van der Waals surface area contributed by atoms with Crippen molar-refractivity contribution >= 4 is 16.8 Å². The van der Waals surface area contributed by atoms with Crippen molar-refractivity contribution in [3.8, 4) is 17.2 Å². The predicted octanol–water partition coefficient (Wildman–Crippen LogP) is 2.80. The van der Waals surface area contributed by atoms with E-state index in [1.54, 1.807) is 32.4 Å². The summed E-state index contributed by atoms with van der Waals surface area (Å²) in [6, 6.07) is 10.8. The summed E-state index contributed by atoms with van der Waals surface area (Å²) in [6.07, 6.45) is 3.00. The van der Waals surface area contributed by atoms with Crippen LogP contribution in [-0.2, 0) is 24.7 Å². The molecule has 2 aromatic carbocycles. The number of benzene rings is 2. The van der Waals surface area contributed by atoms with E-state index in [-0.39, 0.29) is 18.1 Å². The maximum atomic E-state index is 12.3. The molecule has 27 heavy (non-hydrogen) atoms. The Morgan fingerprint density at radius 3 is 2.63 bits per heavy atom. The summed E-state index contributed by atoms with van der Waals surface area (Å²) in [5, 5.41) is 13.7. The van der Waals surface area contributed by atoms with E-state index in [0.29, 0.717) is 24.5 Å². The van der Waals surface area contributed by atoms with Crippen molar-refractivity contribution < 1.29 is 19.4 Å². The molecule has 1 heterocycles. The number of aryl methyl sites for hydroxylation is 1. The number of phenolic OH excluding ortho intramolecular Hbond substituents is 1. The SMILES string of the molecule is COc1ccc(CC(=O)NCCc2cn(C)c3ccc(O)cc23)cc1OC. The van der Waals surface area contributed by atoms with E-state index in [9.17, 15) is 9.90 Å². The van der Waals surface area contributed by atoms with Crippen molar-refractivity contribution in [2.75, 3.05) is 20.8 Å². The van der Waals surface area contributed by atoms with E-state index < -0.39 is 0 Å². The van der Waals surface area contributed by atoms with Crippen molar-refractivity contribution in [2.24, 2.45) is 7.05 Å². The van der Waals surface area contributed by atoms with Crippen LogP contribution in [-0.4, -0.2) is 36.3 Å².